The van der Waals surface area contributed by atoms with Crippen molar-refractivity contribution < 1.29 is 18.1 Å². The van der Waals surface area contributed by atoms with Gasteiger partial charge >= 0.3 is 0 Å². The molecular formula is C18H27N3O5S. The van der Waals surface area contributed by atoms with Crippen LogP contribution in [0, 0.1) is 16.0 Å². The zero-order valence-electron chi connectivity index (χ0n) is 15.8. The van der Waals surface area contributed by atoms with Crippen LogP contribution < -0.4 is 4.90 Å². The summed E-state index contributed by atoms with van der Waals surface area (Å²) in [6.07, 6.45) is 2.66. The molecule has 2 aliphatic rings. The molecule has 2 aliphatic heterocycles. The molecule has 2 saturated heterocycles. The summed E-state index contributed by atoms with van der Waals surface area (Å²) in [5, 5.41) is 11.7. The summed E-state index contributed by atoms with van der Waals surface area (Å²) in [5.74, 6) is 0.294. The Bertz CT molecular complexity index is 798. The Balaban J connectivity index is 1.92. The molecule has 0 aromatic heterocycles. The van der Waals surface area contributed by atoms with Crippen LogP contribution in [0.4, 0.5) is 11.4 Å². The number of morpholine rings is 1. The van der Waals surface area contributed by atoms with Gasteiger partial charge in [-0.3, -0.25) is 10.1 Å². The number of ether oxygens (including phenoxy) is 1. The molecule has 0 amide bonds. The topological polar surface area (TPSA) is 93.0 Å². The number of hydrogen-bond donors (Lipinski definition) is 0. The number of sulfonamides is 1. The van der Waals surface area contributed by atoms with Crippen LogP contribution in [0.3, 0.4) is 0 Å². The number of rotatable bonds is 5. The summed E-state index contributed by atoms with van der Waals surface area (Å²) >= 11 is 0. The highest BCUT2D eigenvalue weighted by Gasteiger charge is 2.32. The van der Waals surface area contributed by atoms with E-state index in [9.17, 15) is 18.5 Å². The second-order valence-corrected chi connectivity index (χ2v) is 9.30. The van der Waals surface area contributed by atoms with Gasteiger partial charge in [-0.05, 0) is 37.3 Å². The van der Waals surface area contributed by atoms with Gasteiger partial charge in [0.2, 0.25) is 10.0 Å². The molecule has 0 saturated carbocycles. The predicted octanol–water partition coefficient (Wildman–Crippen LogP) is 2.63. The zero-order valence-corrected chi connectivity index (χ0v) is 16.7. The Labute approximate surface area is 160 Å². The van der Waals surface area contributed by atoms with Gasteiger partial charge < -0.3 is 9.64 Å². The van der Waals surface area contributed by atoms with Gasteiger partial charge in [-0.1, -0.05) is 13.8 Å². The average Bonchev–Trinajstić information content (AvgIpc) is 2.67. The highest BCUT2D eigenvalue weighted by Crippen LogP contribution is 2.34. The maximum absolute atomic E-state index is 13.0. The van der Waals surface area contributed by atoms with E-state index >= 15 is 0 Å². The van der Waals surface area contributed by atoms with Crippen LogP contribution in [0.25, 0.3) is 0 Å². The number of nitro groups is 1. The van der Waals surface area contributed by atoms with E-state index in [0.29, 0.717) is 44.4 Å². The van der Waals surface area contributed by atoms with Crippen LogP contribution in [0.15, 0.2) is 23.1 Å². The first-order chi connectivity index (χ1) is 12.8. The third-order valence-corrected chi connectivity index (χ3v) is 7.20. The smallest absolute Gasteiger partial charge is 0.293 e. The highest BCUT2D eigenvalue weighted by molar-refractivity contribution is 7.89. The van der Waals surface area contributed by atoms with E-state index in [0.717, 1.165) is 19.3 Å². The lowest BCUT2D eigenvalue weighted by Gasteiger charge is -2.34. The predicted molar refractivity (Wildman–Crippen MR) is 102 cm³/mol. The van der Waals surface area contributed by atoms with Crippen molar-refractivity contribution in [2.45, 2.75) is 44.1 Å². The lowest BCUT2D eigenvalue weighted by Crippen LogP contribution is -2.42. The van der Waals surface area contributed by atoms with E-state index in [-0.39, 0.29) is 16.7 Å². The number of nitrogens with zero attached hydrogens (tertiary/aromatic N) is 3. The standard InChI is InChI=1S/C18H27N3O5S/c1-3-15-13-19(9-10-26-15)17-7-6-16(11-18(17)21(22)23)27(24,25)20-8-4-5-14(2)12-20/h6-7,11,14-15H,3-5,8-10,12-13H2,1-2H3/t14-,15-/m0/s1. The summed E-state index contributed by atoms with van der Waals surface area (Å²) in [7, 11) is -3.73. The minimum absolute atomic E-state index is 0.00708. The van der Waals surface area contributed by atoms with Crippen LogP contribution in [0.1, 0.15) is 33.1 Å². The fourth-order valence-electron chi connectivity index (χ4n) is 3.78. The first-order valence-corrected chi connectivity index (χ1v) is 10.9. The molecule has 1 aromatic carbocycles. The normalized spacial score (nSPS) is 24.7. The van der Waals surface area contributed by atoms with E-state index in [1.807, 2.05) is 18.7 Å². The molecular weight excluding hydrogens is 370 g/mol. The van der Waals surface area contributed by atoms with E-state index in [4.69, 9.17) is 4.74 Å². The summed E-state index contributed by atoms with van der Waals surface area (Å²) in [5.41, 5.74) is 0.283. The number of piperidine rings is 1. The molecule has 0 aliphatic carbocycles. The van der Waals surface area contributed by atoms with Crippen LogP contribution in [0.5, 0.6) is 0 Å². The molecule has 27 heavy (non-hydrogen) atoms. The Morgan fingerprint density at radius 1 is 1.30 bits per heavy atom. The van der Waals surface area contributed by atoms with Crippen molar-refractivity contribution in [3.8, 4) is 0 Å². The largest absolute Gasteiger partial charge is 0.375 e. The third-order valence-electron chi connectivity index (χ3n) is 5.34. The fraction of sp³-hybridized carbons (Fsp3) is 0.667. The molecule has 2 heterocycles. The Hall–Kier alpha value is -1.71. The van der Waals surface area contributed by atoms with Crippen molar-refractivity contribution in [2.75, 3.05) is 37.7 Å². The Morgan fingerprint density at radius 3 is 2.74 bits per heavy atom. The monoisotopic (exact) mass is 397 g/mol. The van der Waals surface area contributed by atoms with E-state index in [1.54, 1.807) is 6.07 Å². The molecule has 0 unspecified atom stereocenters. The zero-order chi connectivity index (χ0) is 19.6. The summed E-state index contributed by atoms with van der Waals surface area (Å²) in [4.78, 5) is 13.1. The molecule has 9 heteroatoms. The van der Waals surface area contributed by atoms with Gasteiger partial charge in [-0.25, -0.2) is 8.42 Å². The molecule has 150 valence electrons. The van der Waals surface area contributed by atoms with Crippen molar-refractivity contribution in [1.82, 2.24) is 4.31 Å². The van der Waals surface area contributed by atoms with Crippen LogP contribution in [-0.4, -0.2) is 56.5 Å². The van der Waals surface area contributed by atoms with Crippen molar-refractivity contribution in [1.29, 1.82) is 0 Å². The maximum atomic E-state index is 13.0. The van der Waals surface area contributed by atoms with Crippen LogP contribution in [-0.2, 0) is 14.8 Å². The minimum atomic E-state index is -3.73. The van der Waals surface area contributed by atoms with Gasteiger partial charge in [-0.2, -0.15) is 4.31 Å². The van der Waals surface area contributed by atoms with Gasteiger partial charge in [-0.15, -0.1) is 0 Å². The number of anilines is 1. The van der Waals surface area contributed by atoms with Gasteiger partial charge in [0.25, 0.3) is 5.69 Å². The number of benzene rings is 1. The second-order valence-electron chi connectivity index (χ2n) is 7.37. The van der Waals surface area contributed by atoms with Crippen molar-refractivity contribution >= 4 is 21.4 Å². The van der Waals surface area contributed by atoms with Crippen LogP contribution >= 0.6 is 0 Å². The minimum Gasteiger partial charge on any atom is -0.375 e. The van der Waals surface area contributed by atoms with E-state index in [1.165, 1.54) is 16.4 Å². The molecule has 2 atom stereocenters. The summed E-state index contributed by atoms with van der Waals surface area (Å²) < 4.78 is 33.0. The maximum Gasteiger partial charge on any atom is 0.293 e. The van der Waals surface area contributed by atoms with E-state index < -0.39 is 14.9 Å². The first-order valence-electron chi connectivity index (χ1n) is 9.48. The average molecular weight is 397 g/mol. The quantitative estimate of drug-likeness (QED) is 0.560. The molecule has 2 fully saturated rings. The second kappa shape index (κ2) is 8.12. The third kappa shape index (κ3) is 4.25. The molecule has 0 N–H and O–H groups in total. The molecule has 0 spiro atoms. The van der Waals surface area contributed by atoms with Gasteiger partial charge in [0.15, 0.2) is 0 Å². The Morgan fingerprint density at radius 2 is 2.07 bits per heavy atom. The van der Waals surface area contributed by atoms with Gasteiger partial charge in [0.1, 0.15) is 5.69 Å². The van der Waals surface area contributed by atoms with Crippen LogP contribution in [0.2, 0.25) is 0 Å². The Kier molecular flexibility index (Phi) is 6.02. The lowest BCUT2D eigenvalue weighted by atomic mass is 10.0. The molecule has 1 aromatic rings. The van der Waals surface area contributed by atoms with Crippen molar-refractivity contribution in [3.05, 3.63) is 28.3 Å². The van der Waals surface area contributed by atoms with E-state index in [2.05, 4.69) is 0 Å². The number of hydrogen-bond acceptors (Lipinski definition) is 6. The van der Waals surface area contributed by atoms with Gasteiger partial charge in [0, 0.05) is 32.2 Å². The first kappa shape index (κ1) is 20.0. The molecule has 3 rings (SSSR count). The molecule has 8 nitrogen and oxygen atoms in total. The number of nitro benzene ring substituents is 1. The van der Waals surface area contributed by atoms with Gasteiger partial charge in [0.05, 0.1) is 22.5 Å². The highest BCUT2D eigenvalue weighted by atomic mass is 32.2. The van der Waals surface area contributed by atoms with Crippen molar-refractivity contribution in [3.63, 3.8) is 0 Å². The van der Waals surface area contributed by atoms with Crippen molar-refractivity contribution in [2.24, 2.45) is 5.92 Å². The lowest BCUT2D eigenvalue weighted by molar-refractivity contribution is -0.384. The molecule has 0 radical (unpaired) electrons. The summed E-state index contributed by atoms with van der Waals surface area (Å²) in [6.45, 7) is 6.57. The fourth-order valence-corrected chi connectivity index (χ4v) is 5.40. The SMILES string of the molecule is CC[C@H]1CN(c2ccc(S(=O)(=O)N3CCC[C@H](C)C3)cc2[N+](=O)[O-])CCO1. The summed E-state index contributed by atoms with van der Waals surface area (Å²) in [6, 6.07) is 4.27. The molecule has 0 bridgehead atoms.